The number of ether oxygens (including phenoxy) is 2. The highest BCUT2D eigenvalue weighted by Gasteiger charge is 2.40. The van der Waals surface area contributed by atoms with Crippen LogP contribution in [-0.2, 0) is 9.47 Å². The number of benzene rings is 1. The third-order valence-electron chi connectivity index (χ3n) is 3.43. The fourth-order valence-corrected chi connectivity index (χ4v) is 2.24. The first-order chi connectivity index (χ1) is 9.66. The first-order valence-corrected chi connectivity index (χ1v) is 6.25. The minimum absolute atomic E-state index is 0.109. The van der Waals surface area contributed by atoms with Crippen molar-refractivity contribution >= 4 is 5.78 Å². The molecule has 0 spiro atoms. The van der Waals surface area contributed by atoms with Crippen LogP contribution in [0.1, 0.15) is 16.8 Å². The zero-order valence-corrected chi connectivity index (χ0v) is 11.6. The Bertz CT molecular complexity index is 551. The molecule has 20 heavy (non-hydrogen) atoms. The van der Waals surface area contributed by atoms with E-state index in [1.165, 1.54) is 7.11 Å². The molecular formula is C15H18N2O3. The molecule has 0 saturated carbocycles. The standard InChI is InChI=1S/C15H18N2O3/c1-19-13-10-15(20-2,9-8-12(13)17-16)14(18)11-6-4-3-5-7-11/h3-9,17H,10,16H2,1-2H3. The summed E-state index contributed by atoms with van der Waals surface area (Å²) >= 11 is 0. The van der Waals surface area contributed by atoms with Crippen molar-refractivity contribution in [1.82, 2.24) is 5.43 Å². The maximum Gasteiger partial charge on any atom is 0.199 e. The fourth-order valence-electron chi connectivity index (χ4n) is 2.24. The Kier molecular flexibility index (Phi) is 4.22. The number of rotatable bonds is 5. The number of allylic oxidation sites excluding steroid dienone is 1. The van der Waals surface area contributed by atoms with E-state index < -0.39 is 5.60 Å². The number of hydrazine groups is 1. The summed E-state index contributed by atoms with van der Waals surface area (Å²) < 4.78 is 10.8. The van der Waals surface area contributed by atoms with Crippen LogP contribution in [0.2, 0.25) is 0 Å². The lowest BCUT2D eigenvalue weighted by Gasteiger charge is -2.32. The van der Waals surface area contributed by atoms with Gasteiger partial charge < -0.3 is 14.9 Å². The average Bonchev–Trinajstić information content (AvgIpc) is 2.54. The van der Waals surface area contributed by atoms with E-state index in [2.05, 4.69) is 5.43 Å². The molecule has 0 saturated heterocycles. The lowest BCUT2D eigenvalue weighted by Crippen LogP contribution is -2.42. The van der Waals surface area contributed by atoms with E-state index in [0.29, 0.717) is 23.4 Å². The molecule has 1 unspecified atom stereocenters. The van der Waals surface area contributed by atoms with Gasteiger partial charge in [0.25, 0.3) is 0 Å². The van der Waals surface area contributed by atoms with Crippen molar-refractivity contribution in [3.05, 3.63) is 59.5 Å². The quantitative estimate of drug-likeness (QED) is 0.484. The van der Waals surface area contributed by atoms with Crippen LogP contribution in [0, 0.1) is 0 Å². The van der Waals surface area contributed by atoms with Crippen LogP contribution in [0.25, 0.3) is 0 Å². The zero-order valence-electron chi connectivity index (χ0n) is 11.6. The van der Waals surface area contributed by atoms with Crippen LogP contribution in [0.5, 0.6) is 0 Å². The normalized spacial score (nSPS) is 21.8. The van der Waals surface area contributed by atoms with E-state index in [4.69, 9.17) is 15.3 Å². The smallest absolute Gasteiger partial charge is 0.199 e. The molecule has 1 atom stereocenters. The Hall–Kier alpha value is -2.11. The molecule has 0 aliphatic heterocycles. The van der Waals surface area contributed by atoms with Gasteiger partial charge in [0.2, 0.25) is 0 Å². The monoisotopic (exact) mass is 274 g/mol. The van der Waals surface area contributed by atoms with E-state index in [0.717, 1.165) is 0 Å². The lowest BCUT2D eigenvalue weighted by atomic mass is 9.85. The minimum atomic E-state index is -1.06. The number of hydrogen-bond acceptors (Lipinski definition) is 5. The van der Waals surface area contributed by atoms with Gasteiger partial charge in [0.1, 0.15) is 5.76 Å². The van der Waals surface area contributed by atoms with Crippen LogP contribution in [0.15, 0.2) is 53.9 Å². The van der Waals surface area contributed by atoms with Gasteiger partial charge in [0, 0.05) is 19.1 Å². The van der Waals surface area contributed by atoms with Crippen LogP contribution >= 0.6 is 0 Å². The molecule has 0 radical (unpaired) electrons. The highest BCUT2D eigenvalue weighted by atomic mass is 16.5. The minimum Gasteiger partial charge on any atom is -0.499 e. The van der Waals surface area contributed by atoms with E-state index in [1.807, 2.05) is 18.2 Å². The van der Waals surface area contributed by atoms with Gasteiger partial charge in [-0.05, 0) is 12.2 Å². The molecular weight excluding hydrogens is 256 g/mol. The second-order valence-corrected chi connectivity index (χ2v) is 4.48. The topological polar surface area (TPSA) is 73.6 Å². The van der Waals surface area contributed by atoms with E-state index >= 15 is 0 Å². The molecule has 3 N–H and O–H groups in total. The number of nitrogens with two attached hydrogens (primary N) is 1. The summed E-state index contributed by atoms with van der Waals surface area (Å²) in [5, 5.41) is 0. The molecule has 5 nitrogen and oxygen atoms in total. The Labute approximate surface area is 118 Å². The largest absolute Gasteiger partial charge is 0.499 e. The Morgan fingerprint density at radius 3 is 2.55 bits per heavy atom. The average molecular weight is 274 g/mol. The number of nitrogens with one attached hydrogen (secondary N) is 1. The third kappa shape index (κ3) is 2.45. The molecule has 0 heterocycles. The molecule has 1 aromatic rings. The van der Waals surface area contributed by atoms with Crippen molar-refractivity contribution in [1.29, 1.82) is 0 Å². The predicted octanol–water partition coefficient (Wildman–Crippen LogP) is 1.54. The molecule has 5 heteroatoms. The molecule has 106 valence electrons. The van der Waals surface area contributed by atoms with Gasteiger partial charge in [-0.25, -0.2) is 0 Å². The van der Waals surface area contributed by atoms with Crippen molar-refractivity contribution in [2.75, 3.05) is 14.2 Å². The molecule has 2 rings (SSSR count). The number of carbonyl (C=O) groups is 1. The zero-order chi connectivity index (χ0) is 14.6. The summed E-state index contributed by atoms with van der Waals surface area (Å²) in [7, 11) is 3.05. The number of hydrogen-bond donors (Lipinski definition) is 2. The van der Waals surface area contributed by atoms with E-state index in [9.17, 15) is 4.79 Å². The molecule has 0 amide bonds. The van der Waals surface area contributed by atoms with Crippen molar-refractivity contribution < 1.29 is 14.3 Å². The molecule has 0 aromatic heterocycles. The first kappa shape index (κ1) is 14.3. The molecule has 0 fully saturated rings. The van der Waals surface area contributed by atoms with Gasteiger partial charge in [-0.1, -0.05) is 30.3 Å². The second-order valence-electron chi connectivity index (χ2n) is 4.48. The second kappa shape index (κ2) is 5.90. The molecule has 1 aromatic carbocycles. The Morgan fingerprint density at radius 2 is 2.00 bits per heavy atom. The summed E-state index contributed by atoms with van der Waals surface area (Å²) in [6.45, 7) is 0. The number of ketones is 1. The molecule has 1 aliphatic carbocycles. The number of methoxy groups -OCH3 is 2. The molecule has 1 aliphatic rings. The van der Waals surface area contributed by atoms with Crippen molar-refractivity contribution in [3.63, 3.8) is 0 Å². The van der Waals surface area contributed by atoms with Crippen LogP contribution in [0.4, 0.5) is 0 Å². The first-order valence-electron chi connectivity index (χ1n) is 6.25. The number of Topliss-reactive ketones (excluding diaryl/α,β-unsaturated/α-hetero) is 1. The van der Waals surface area contributed by atoms with Crippen molar-refractivity contribution in [2.24, 2.45) is 5.84 Å². The van der Waals surface area contributed by atoms with Gasteiger partial charge >= 0.3 is 0 Å². The van der Waals surface area contributed by atoms with Gasteiger partial charge in [-0.15, -0.1) is 0 Å². The molecule has 0 bridgehead atoms. The van der Waals surface area contributed by atoms with Crippen LogP contribution < -0.4 is 11.3 Å². The highest BCUT2D eigenvalue weighted by Crippen LogP contribution is 2.32. The summed E-state index contributed by atoms with van der Waals surface area (Å²) in [4.78, 5) is 12.7. The van der Waals surface area contributed by atoms with Crippen molar-refractivity contribution in [2.45, 2.75) is 12.0 Å². The van der Waals surface area contributed by atoms with Gasteiger partial charge in [-0.3, -0.25) is 10.6 Å². The maximum absolute atomic E-state index is 12.7. The van der Waals surface area contributed by atoms with Crippen LogP contribution in [-0.4, -0.2) is 25.6 Å². The Balaban J connectivity index is 2.36. The van der Waals surface area contributed by atoms with Crippen molar-refractivity contribution in [3.8, 4) is 0 Å². The predicted molar refractivity (Wildman–Crippen MR) is 75.6 cm³/mol. The summed E-state index contributed by atoms with van der Waals surface area (Å²) in [5.74, 6) is 5.90. The van der Waals surface area contributed by atoms with E-state index in [1.54, 1.807) is 31.4 Å². The summed E-state index contributed by atoms with van der Waals surface area (Å²) in [6, 6.07) is 9.05. The van der Waals surface area contributed by atoms with Crippen LogP contribution in [0.3, 0.4) is 0 Å². The summed E-state index contributed by atoms with van der Waals surface area (Å²) in [5.41, 5.74) is 2.72. The van der Waals surface area contributed by atoms with Gasteiger partial charge in [0.15, 0.2) is 11.4 Å². The van der Waals surface area contributed by atoms with Gasteiger partial charge in [-0.2, -0.15) is 0 Å². The number of carbonyl (C=O) groups excluding carboxylic acids is 1. The van der Waals surface area contributed by atoms with E-state index in [-0.39, 0.29) is 5.78 Å². The third-order valence-corrected chi connectivity index (χ3v) is 3.43. The highest BCUT2D eigenvalue weighted by molar-refractivity contribution is 6.04. The van der Waals surface area contributed by atoms with Gasteiger partial charge in [0.05, 0.1) is 12.8 Å². The maximum atomic E-state index is 12.7. The summed E-state index contributed by atoms with van der Waals surface area (Å²) in [6.07, 6.45) is 3.70. The lowest BCUT2D eigenvalue weighted by molar-refractivity contribution is 0.0203. The SMILES string of the molecule is COC1=C(NN)C=CC(OC)(C(=O)c2ccccc2)C1. The Morgan fingerprint density at radius 1 is 1.30 bits per heavy atom. The fraction of sp³-hybridized carbons (Fsp3) is 0.267.